The van der Waals surface area contributed by atoms with E-state index in [2.05, 4.69) is 20.8 Å². The number of hydroxylamine groups is 2. The maximum Gasteiger partial charge on any atom is 0.285 e. The zero-order chi connectivity index (χ0) is 29.4. The number of carbonyl (C=O) groups is 3. The lowest BCUT2D eigenvalue weighted by Gasteiger charge is -2.19. The average Bonchev–Trinajstić information content (AvgIpc) is 3.71. The first-order valence-corrected chi connectivity index (χ1v) is 14.0. The van der Waals surface area contributed by atoms with Gasteiger partial charge in [-0.3, -0.25) is 23.9 Å². The van der Waals surface area contributed by atoms with Gasteiger partial charge in [-0.25, -0.2) is 5.43 Å². The Hall–Kier alpha value is -4.69. The van der Waals surface area contributed by atoms with Crippen molar-refractivity contribution in [2.24, 2.45) is 10.3 Å². The Labute approximate surface area is 245 Å². The molecule has 0 aliphatic carbocycles. The highest BCUT2D eigenvalue weighted by Crippen LogP contribution is 2.43. The summed E-state index contributed by atoms with van der Waals surface area (Å²) < 4.78 is 6.87. The van der Waals surface area contributed by atoms with Crippen LogP contribution in [-0.4, -0.2) is 74.0 Å². The fraction of sp³-hybridized carbons (Fsp3) is 0.286. The number of aryl methyl sites for hydroxylation is 2. The van der Waals surface area contributed by atoms with Crippen LogP contribution in [-0.2, 0) is 21.0 Å². The van der Waals surface area contributed by atoms with E-state index >= 15 is 0 Å². The van der Waals surface area contributed by atoms with Gasteiger partial charge in [-0.15, -0.1) is 10.2 Å². The fourth-order valence-electron chi connectivity index (χ4n) is 4.90. The number of ether oxygens (including phenoxy) is 1. The molecule has 1 fully saturated rings. The Morgan fingerprint density at radius 3 is 2.45 bits per heavy atom. The molecule has 4 heterocycles. The number of hydrogen-bond acceptors (Lipinski definition) is 10. The molecule has 3 aliphatic rings. The maximum absolute atomic E-state index is 12.7. The topological polar surface area (TPSA) is 140 Å². The van der Waals surface area contributed by atoms with Crippen molar-refractivity contribution in [2.45, 2.75) is 31.7 Å². The minimum absolute atomic E-state index is 0.00589. The van der Waals surface area contributed by atoms with E-state index in [1.54, 1.807) is 41.0 Å². The van der Waals surface area contributed by atoms with Crippen LogP contribution in [0.2, 0.25) is 0 Å². The quantitative estimate of drug-likeness (QED) is 0.295. The number of carbonyl (C=O) groups excluding carboxylic acids is 3. The lowest BCUT2D eigenvalue weighted by molar-refractivity contribution is -0.121. The number of nitrogens with one attached hydrogen (secondary N) is 1. The minimum Gasteiger partial charge on any atom is -0.497 e. The standard InChI is InChI=1S/C28H27N7O6S/c1-16-14-17(2)34(31-16)15-22(36)29-30-28-33(12-13-40-35-26(37)20-6-4-5-7-21(20)27(35)38)25-24(42-28)23(41-32-25)18-8-10-19(39-3)11-9-18/h4-11,14,23-24H,12-13,15H2,1-3H3,(H,29,36)/b30-28-. The van der Waals surface area contributed by atoms with Gasteiger partial charge in [0.2, 0.25) is 0 Å². The van der Waals surface area contributed by atoms with E-state index < -0.39 is 17.9 Å². The monoisotopic (exact) mass is 589 g/mol. The van der Waals surface area contributed by atoms with Gasteiger partial charge in [0, 0.05) is 5.69 Å². The number of oxime groups is 1. The van der Waals surface area contributed by atoms with E-state index in [0.29, 0.717) is 22.1 Å². The molecule has 2 aromatic carbocycles. The van der Waals surface area contributed by atoms with Crippen molar-refractivity contribution in [1.82, 2.24) is 25.2 Å². The van der Waals surface area contributed by atoms with E-state index in [4.69, 9.17) is 14.4 Å². The first-order chi connectivity index (χ1) is 20.3. The van der Waals surface area contributed by atoms with Crippen LogP contribution in [0.15, 0.2) is 64.9 Å². The predicted octanol–water partition coefficient (Wildman–Crippen LogP) is 2.63. The van der Waals surface area contributed by atoms with E-state index in [-0.39, 0.29) is 30.9 Å². The molecule has 2 atom stereocenters. The average molecular weight is 590 g/mol. The van der Waals surface area contributed by atoms with Crippen molar-refractivity contribution in [3.8, 4) is 5.75 Å². The number of thioether (sulfide) groups is 1. The summed E-state index contributed by atoms with van der Waals surface area (Å²) in [6.45, 7) is 3.89. The van der Waals surface area contributed by atoms with Gasteiger partial charge in [0.25, 0.3) is 17.7 Å². The number of amides is 3. The Morgan fingerprint density at radius 2 is 1.81 bits per heavy atom. The number of hydrogen-bond donors (Lipinski definition) is 1. The highest BCUT2D eigenvalue weighted by molar-refractivity contribution is 8.15. The summed E-state index contributed by atoms with van der Waals surface area (Å²) in [5.74, 6) is -0.0837. The van der Waals surface area contributed by atoms with Gasteiger partial charge in [0.1, 0.15) is 17.5 Å². The zero-order valence-corrected chi connectivity index (χ0v) is 23.8. The molecule has 2 unspecified atom stereocenters. The molecule has 14 heteroatoms. The van der Waals surface area contributed by atoms with Gasteiger partial charge in [0.05, 0.1) is 37.1 Å². The largest absolute Gasteiger partial charge is 0.497 e. The Bertz CT molecular complexity index is 1580. The van der Waals surface area contributed by atoms with E-state index in [0.717, 1.165) is 27.8 Å². The minimum atomic E-state index is -0.518. The molecule has 0 radical (unpaired) electrons. The van der Waals surface area contributed by atoms with E-state index in [1.807, 2.05) is 44.2 Å². The lowest BCUT2D eigenvalue weighted by Crippen LogP contribution is -2.38. The molecule has 3 aliphatic heterocycles. The van der Waals surface area contributed by atoms with Gasteiger partial charge in [-0.2, -0.15) is 5.10 Å². The van der Waals surface area contributed by atoms with E-state index in [1.165, 1.54) is 11.8 Å². The molecular formula is C28H27N7O6S. The number of rotatable bonds is 9. The summed E-state index contributed by atoms with van der Waals surface area (Å²) in [5, 5.41) is 14.0. The van der Waals surface area contributed by atoms with Crippen LogP contribution >= 0.6 is 11.8 Å². The van der Waals surface area contributed by atoms with Crippen molar-refractivity contribution >= 4 is 40.5 Å². The lowest BCUT2D eigenvalue weighted by atomic mass is 10.1. The zero-order valence-electron chi connectivity index (χ0n) is 23.0. The summed E-state index contributed by atoms with van der Waals surface area (Å²) in [7, 11) is 1.60. The Balaban J connectivity index is 1.18. The molecule has 6 rings (SSSR count). The third-order valence-electron chi connectivity index (χ3n) is 6.94. The van der Waals surface area contributed by atoms with Crippen molar-refractivity contribution in [2.75, 3.05) is 20.3 Å². The predicted molar refractivity (Wildman–Crippen MR) is 153 cm³/mol. The molecular weight excluding hydrogens is 562 g/mol. The van der Waals surface area contributed by atoms with Gasteiger partial charge in [-0.05, 0) is 49.7 Å². The van der Waals surface area contributed by atoms with Crippen molar-refractivity contribution in [3.05, 3.63) is 82.7 Å². The molecule has 216 valence electrons. The first-order valence-electron chi connectivity index (χ1n) is 13.1. The summed E-state index contributed by atoms with van der Waals surface area (Å²) in [6, 6.07) is 16.0. The van der Waals surface area contributed by atoms with Crippen LogP contribution in [0.25, 0.3) is 0 Å². The molecule has 1 aromatic heterocycles. The van der Waals surface area contributed by atoms with Crippen LogP contribution in [0.5, 0.6) is 5.75 Å². The number of benzene rings is 2. The molecule has 0 saturated carbocycles. The number of aromatic nitrogens is 2. The fourth-order valence-corrected chi connectivity index (χ4v) is 6.14. The molecule has 1 N–H and O–H groups in total. The van der Waals surface area contributed by atoms with Crippen LogP contribution in [0.4, 0.5) is 0 Å². The molecule has 0 spiro atoms. The van der Waals surface area contributed by atoms with Gasteiger partial charge in [0.15, 0.2) is 17.1 Å². The second kappa shape index (κ2) is 11.3. The third-order valence-corrected chi connectivity index (χ3v) is 8.17. The smallest absolute Gasteiger partial charge is 0.285 e. The van der Waals surface area contributed by atoms with Gasteiger partial charge < -0.3 is 14.5 Å². The highest BCUT2D eigenvalue weighted by Gasteiger charge is 2.47. The Kier molecular flexibility index (Phi) is 7.39. The molecule has 1 saturated heterocycles. The van der Waals surface area contributed by atoms with Crippen LogP contribution in [0, 0.1) is 13.8 Å². The highest BCUT2D eigenvalue weighted by atomic mass is 32.2. The van der Waals surface area contributed by atoms with Crippen LogP contribution < -0.4 is 10.2 Å². The second-order valence-corrected chi connectivity index (χ2v) is 10.8. The number of imide groups is 1. The summed E-state index contributed by atoms with van der Waals surface area (Å²) >= 11 is 1.38. The van der Waals surface area contributed by atoms with Crippen molar-refractivity contribution in [1.29, 1.82) is 0 Å². The van der Waals surface area contributed by atoms with Crippen molar-refractivity contribution in [3.63, 3.8) is 0 Å². The number of fused-ring (bicyclic) bond motifs is 2. The maximum atomic E-state index is 12.7. The number of amidine groups is 2. The normalized spacial score (nSPS) is 20.1. The molecule has 42 heavy (non-hydrogen) atoms. The SMILES string of the molecule is COc1ccc(C2ON=C3C2S/C(=N\NC(=O)Cn2nc(C)cc2C)N3CCON2C(=O)c3ccccc3C2=O)cc1. The van der Waals surface area contributed by atoms with E-state index in [9.17, 15) is 14.4 Å². The molecule has 13 nitrogen and oxygen atoms in total. The van der Waals surface area contributed by atoms with Gasteiger partial charge >= 0.3 is 0 Å². The van der Waals surface area contributed by atoms with Crippen LogP contribution in [0.3, 0.4) is 0 Å². The van der Waals surface area contributed by atoms with Gasteiger partial charge in [-0.1, -0.05) is 41.2 Å². The molecule has 3 aromatic rings. The summed E-state index contributed by atoms with van der Waals surface area (Å²) in [6.07, 6.45) is -0.409. The third kappa shape index (κ3) is 5.10. The summed E-state index contributed by atoms with van der Waals surface area (Å²) in [5.41, 5.74) is 5.77. The van der Waals surface area contributed by atoms with Crippen LogP contribution in [0.1, 0.15) is 43.8 Å². The summed E-state index contributed by atoms with van der Waals surface area (Å²) in [4.78, 5) is 51.3. The number of hydrazone groups is 1. The second-order valence-electron chi connectivity index (χ2n) is 9.74. The van der Waals surface area contributed by atoms with Crippen molar-refractivity contribution < 1.29 is 28.8 Å². The molecule has 0 bridgehead atoms. The number of methoxy groups -OCH3 is 1. The first kappa shape index (κ1) is 27.5. The molecule has 3 amide bonds. The Morgan fingerprint density at radius 1 is 1.10 bits per heavy atom. The number of nitrogens with zero attached hydrogens (tertiary/aromatic N) is 6.